The molecule has 3 N–H and O–H groups in total. The van der Waals surface area contributed by atoms with E-state index in [0.717, 1.165) is 0 Å². The van der Waals surface area contributed by atoms with Gasteiger partial charge >= 0.3 is 0 Å². The first-order chi connectivity index (χ1) is 9.38. The smallest absolute Gasteiger partial charge is 0.242 e. The van der Waals surface area contributed by atoms with Crippen molar-refractivity contribution in [2.45, 2.75) is 13.0 Å². The topological polar surface area (TPSA) is 101 Å². The molecule has 0 aromatic rings. The Labute approximate surface area is 120 Å². The molecule has 0 heterocycles. The molecule has 118 valence electrons. The zero-order chi connectivity index (χ0) is 15.6. The summed E-state index contributed by atoms with van der Waals surface area (Å²) in [6, 6.07) is -0.577. The van der Waals surface area contributed by atoms with Crippen molar-refractivity contribution in [1.82, 2.24) is 15.7 Å². The molecule has 0 saturated heterocycles. The Hall–Kier alpha value is -0.950. The van der Waals surface area contributed by atoms with E-state index in [2.05, 4.69) is 20.5 Å². The molecule has 0 rings (SSSR count). The molecule has 0 spiro atoms. The minimum absolute atomic E-state index is 0.0376. The summed E-state index contributed by atoms with van der Waals surface area (Å²) in [6.07, 6.45) is 0. The summed E-state index contributed by atoms with van der Waals surface area (Å²) in [6.45, 7) is 4.34. The first-order valence-corrected chi connectivity index (χ1v) is 8.36. The Morgan fingerprint density at radius 2 is 2.00 bits per heavy atom. The molecule has 0 aromatic carbocycles. The van der Waals surface area contributed by atoms with Gasteiger partial charge in [0.15, 0.2) is 0 Å². The normalized spacial score (nSPS) is 15.1. The van der Waals surface area contributed by atoms with E-state index in [0.29, 0.717) is 13.2 Å². The number of likely N-dealkylation sites (N-methyl/N-ethyl adjacent to an activating group) is 1. The van der Waals surface area contributed by atoms with E-state index in [-0.39, 0.29) is 18.4 Å². The van der Waals surface area contributed by atoms with Gasteiger partial charge in [0.05, 0.1) is 19.8 Å². The lowest BCUT2D eigenvalue weighted by Crippen LogP contribution is -2.46. The van der Waals surface area contributed by atoms with Gasteiger partial charge in [-0.25, -0.2) is 0 Å². The third-order valence-corrected chi connectivity index (χ3v) is 4.76. The van der Waals surface area contributed by atoms with E-state index in [4.69, 9.17) is 9.26 Å². The van der Waals surface area contributed by atoms with Gasteiger partial charge in [0.25, 0.3) is 0 Å². The van der Waals surface area contributed by atoms with Gasteiger partial charge in [-0.1, -0.05) is 0 Å². The molecule has 0 aliphatic heterocycles. The highest BCUT2D eigenvalue weighted by atomic mass is 31.2. The number of amides is 2. The Morgan fingerprint density at radius 3 is 2.50 bits per heavy atom. The van der Waals surface area contributed by atoms with Crippen LogP contribution in [0.15, 0.2) is 4.74 Å². The largest absolute Gasteiger partial charge is 0.382 e. The van der Waals surface area contributed by atoms with Gasteiger partial charge in [-0.05, 0) is 6.92 Å². The number of nitrogens with one attached hydrogen (secondary N) is 3. The maximum absolute atomic E-state index is 11.7. The Bertz CT molecular complexity index is 375. The van der Waals surface area contributed by atoms with Crippen LogP contribution < -0.4 is 15.7 Å². The van der Waals surface area contributed by atoms with Gasteiger partial charge in [0.2, 0.25) is 11.8 Å². The fourth-order valence-corrected chi connectivity index (χ4v) is 2.48. The average Bonchev–Trinajstić information content (AvgIpc) is 2.44. The predicted molar refractivity (Wildman–Crippen MR) is 78.7 cm³/mol. The van der Waals surface area contributed by atoms with Crippen molar-refractivity contribution in [3.63, 3.8) is 0 Å². The minimum atomic E-state index is -2.17. The molecule has 8 nitrogen and oxygen atoms in total. The monoisotopic (exact) mass is 308 g/mol. The quantitative estimate of drug-likeness (QED) is 0.404. The summed E-state index contributed by atoms with van der Waals surface area (Å²) in [5, 5.41) is 8.03. The molecular formula is C11H25N4O4P. The minimum Gasteiger partial charge on any atom is -0.382 e. The highest BCUT2D eigenvalue weighted by Gasteiger charge is 2.17. The molecule has 0 radical (unpaired) electrons. The molecule has 0 bridgehead atoms. The summed E-state index contributed by atoms with van der Waals surface area (Å²) in [4.78, 5) is 23.0. The number of nitrogens with zero attached hydrogens (tertiary/aromatic N) is 1. The lowest BCUT2D eigenvalue weighted by atomic mass is 10.3. The molecular weight excluding hydrogens is 283 g/mol. The van der Waals surface area contributed by atoms with Crippen LogP contribution in [0.4, 0.5) is 0 Å². The molecule has 0 aliphatic carbocycles. The summed E-state index contributed by atoms with van der Waals surface area (Å²) in [5.41, 5.74) is 0. The molecule has 0 saturated carbocycles. The third-order valence-electron chi connectivity index (χ3n) is 2.56. The van der Waals surface area contributed by atoms with Crippen molar-refractivity contribution >= 4 is 19.2 Å². The molecule has 0 aliphatic rings. The SMILES string of the molecule is CN=P(C)(NCC(=O)NC(C)C(=O)NC)OCCOC. The van der Waals surface area contributed by atoms with Crippen LogP contribution in [0.2, 0.25) is 0 Å². The van der Waals surface area contributed by atoms with Gasteiger partial charge in [0.1, 0.15) is 13.5 Å². The molecule has 0 aromatic heterocycles. The van der Waals surface area contributed by atoms with E-state index in [1.807, 2.05) is 6.66 Å². The lowest BCUT2D eigenvalue weighted by molar-refractivity contribution is -0.127. The second kappa shape index (κ2) is 9.88. The van der Waals surface area contributed by atoms with Crippen LogP contribution in [0, 0.1) is 0 Å². The third kappa shape index (κ3) is 7.59. The molecule has 0 fully saturated rings. The Morgan fingerprint density at radius 1 is 1.35 bits per heavy atom. The molecule has 2 unspecified atom stereocenters. The average molecular weight is 308 g/mol. The van der Waals surface area contributed by atoms with Gasteiger partial charge in [-0.15, -0.1) is 0 Å². The fraction of sp³-hybridized carbons (Fsp3) is 0.818. The van der Waals surface area contributed by atoms with Gasteiger partial charge in [0, 0.05) is 27.9 Å². The maximum atomic E-state index is 11.7. The standard InChI is InChI=1S/C11H25N4O4P/c1-9(11(17)12-2)15-10(16)8-14-20(5,13-3)19-7-6-18-4/h9,14H,6-8H2,1-5H3,(H,12,17)(H,15,16). The maximum Gasteiger partial charge on any atom is 0.242 e. The number of carbonyl (C=O) groups is 2. The summed E-state index contributed by atoms with van der Waals surface area (Å²) in [5.74, 6) is -0.529. The molecule has 2 atom stereocenters. The van der Waals surface area contributed by atoms with Crippen LogP contribution in [0.1, 0.15) is 6.92 Å². The van der Waals surface area contributed by atoms with Crippen molar-refractivity contribution < 1.29 is 18.8 Å². The first-order valence-electron chi connectivity index (χ1n) is 6.26. The van der Waals surface area contributed by atoms with Crippen molar-refractivity contribution in [2.24, 2.45) is 4.74 Å². The molecule has 20 heavy (non-hydrogen) atoms. The van der Waals surface area contributed by atoms with Crippen LogP contribution in [0.3, 0.4) is 0 Å². The number of carbonyl (C=O) groups excluding carboxylic acids is 2. The Kier molecular flexibility index (Phi) is 9.41. The van der Waals surface area contributed by atoms with Gasteiger partial charge in [-0.2, -0.15) is 0 Å². The second-order valence-corrected chi connectivity index (χ2v) is 6.88. The van der Waals surface area contributed by atoms with E-state index in [9.17, 15) is 9.59 Å². The van der Waals surface area contributed by atoms with Crippen LogP contribution >= 0.6 is 7.43 Å². The Balaban J connectivity index is 4.23. The lowest BCUT2D eigenvalue weighted by Gasteiger charge is -2.21. The summed E-state index contributed by atoms with van der Waals surface area (Å²) >= 11 is 0. The summed E-state index contributed by atoms with van der Waals surface area (Å²) < 4.78 is 14.6. The fourth-order valence-electron chi connectivity index (χ4n) is 1.27. The number of hydrogen-bond acceptors (Lipinski definition) is 5. The highest BCUT2D eigenvalue weighted by Crippen LogP contribution is 2.40. The first kappa shape index (κ1) is 19.1. The van der Waals surface area contributed by atoms with Crippen LogP contribution in [-0.4, -0.2) is 65.5 Å². The van der Waals surface area contributed by atoms with E-state index in [1.165, 1.54) is 7.05 Å². The van der Waals surface area contributed by atoms with Crippen molar-refractivity contribution in [3.8, 4) is 0 Å². The van der Waals surface area contributed by atoms with Gasteiger partial charge in [-0.3, -0.25) is 19.4 Å². The zero-order valence-corrected chi connectivity index (χ0v) is 13.6. The van der Waals surface area contributed by atoms with E-state index < -0.39 is 13.5 Å². The second-order valence-electron chi connectivity index (χ2n) is 4.14. The van der Waals surface area contributed by atoms with E-state index >= 15 is 0 Å². The van der Waals surface area contributed by atoms with Crippen molar-refractivity contribution in [2.75, 3.05) is 47.6 Å². The number of hydrogen-bond donors (Lipinski definition) is 3. The summed E-state index contributed by atoms with van der Waals surface area (Å²) in [7, 11) is 2.57. The van der Waals surface area contributed by atoms with Crippen LogP contribution in [0.25, 0.3) is 0 Å². The van der Waals surface area contributed by atoms with Gasteiger partial charge < -0.3 is 19.9 Å². The van der Waals surface area contributed by atoms with Crippen LogP contribution in [-0.2, 0) is 18.8 Å². The molecule has 9 heteroatoms. The van der Waals surface area contributed by atoms with Crippen LogP contribution in [0.5, 0.6) is 0 Å². The number of methoxy groups -OCH3 is 1. The van der Waals surface area contributed by atoms with Crippen molar-refractivity contribution in [3.05, 3.63) is 0 Å². The van der Waals surface area contributed by atoms with Crippen molar-refractivity contribution in [1.29, 1.82) is 0 Å². The number of rotatable bonds is 9. The predicted octanol–water partition coefficient (Wildman–Crippen LogP) is -0.219. The number of ether oxygens (including phenoxy) is 1. The van der Waals surface area contributed by atoms with E-state index in [1.54, 1.807) is 21.1 Å². The highest BCUT2D eigenvalue weighted by molar-refractivity contribution is 7.58. The zero-order valence-electron chi connectivity index (χ0n) is 12.7. The molecule has 2 amide bonds.